The molecule has 4 heterocycles. The highest BCUT2D eigenvalue weighted by Crippen LogP contribution is 2.35. The fraction of sp³-hybridized carbons (Fsp3) is 0.423. The SMILES string of the molecule is O=C([O-])C(F)(F)F.O=C(c1cc(Cc2c[nH]c(=O)c3cc(Cl)c(Cl)n23)ccc1F)N1CCCC2(CCC[NH2+]C2)C1. The molecule has 1 unspecified atom stereocenters. The monoisotopic (exact) mass is 604 g/mol. The number of aromatic nitrogens is 2. The van der Waals surface area contributed by atoms with Gasteiger partial charge in [0.25, 0.3) is 11.5 Å². The number of carboxylic acids is 1. The normalized spacial score (nSPS) is 19.4. The standard InChI is InChI=1S/C24H25Cl2FN4O2.C2HF3O2/c25-18-11-20-22(32)29-12-16(31(20)21(18)26)9-15-3-4-19(27)17(10-15)23(33)30-8-2-6-24(14-30)5-1-7-28-13-24;3-2(4,5)1(6)7/h3-4,10-12,28H,1-2,5-9,13-14H2,(H,29,32);(H,6,7). The minimum absolute atomic E-state index is 0.0849. The van der Waals surface area contributed by atoms with Crippen molar-refractivity contribution in [2.45, 2.75) is 38.3 Å². The summed E-state index contributed by atoms with van der Waals surface area (Å²) in [7, 11) is 0. The van der Waals surface area contributed by atoms with Crippen molar-refractivity contribution in [2.75, 3.05) is 26.2 Å². The Morgan fingerprint density at radius 2 is 1.85 bits per heavy atom. The number of carbonyl (C=O) groups excluding carboxylic acids is 2. The molecule has 216 valence electrons. The van der Waals surface area contributed by atoms with Gasteiger partial charge in [0.1, 0.15) is 22.5 Å². The van der Waals surface area contributed by atoms with Crippen molar-refractivity contribution in [2.24, 2.45) is 5.41 Å². The molecular weight excluding hydrogens is 579 g/mol. The van der Waals surface area contributed by atoms with E-state index in [0.29, 0.717) is 30.7 Å². The van der Waals surface area contributed by atoms with Crippen LogP contribution in [0.25, 0.3) is 5.52 Å². The molecule has 8 nitrogen and oxygen atoms in total. The van der Waals surface area contributed by atoms with E-state index in [0.717, 1.165) is 44.3 Å². The van der Waals surface area contributed by atoms with Crippen LogP contribution in [0.5, 0.6) is 0 Å². The molecule has 2 aliphatic heterocycles. The van der Waals surface area contributed by atoms with Crippen LogP contribution >= 0.6 is 23.2 Å². The number of piperidine rings is 2. The zero-order valence-electron chi connectivity index (χ0n) is 21.1. The number of fused-ring (bicyclic) bond motifs is 1. The van der Waals surface area contributed by atoms with Crippen LogP contribution < -0.4 is 16.0 Å². The third kappa shape index (κ3) is 6.45. The zero-order chi connectivity index (χ0) is 29.2. The van der Waals surface area contributed by atoms with Gasteiger partial charge in [0, 0.05) is 36.8 Å². The first-order valence-corrected chi connectivity index (χ1v) is 13.3. The number of rotatable bonds is 3. The number of alkyl halides is 3. The number of amides is 1. The van der Waals surface area contributed by atoms with Crippen molar-refractivity contribution in [1.82, 2.24) is 14.3 Å². The molecule has 1 amide bonds. The Hall–Kier alpha value is -3.09. The predicted octanol–water partition coefficient (Wildman–Crippen LogP) is 2.54. The van der Waals surface area contributed by atoms with Gasteiger partial charge in [-0.05, 0) is 49.4 Å². The predicted molar refractivity (Wildman–Crippen MR) is 137 cm³/mol. The van der Waals surface area contributed by atoms with E-state index in [1.807, 2.05) is 4.90 Å². The van der Waals surface area contributed by atoms with E-state index in [4.69, 9.17) is 33.1 Å². The number of benzene rings is 1. The Labute approximate surface area is 235 Å². The number of hydrogen-bond acceptors (Lipinski definition) is 4. The molecule has 3 aromatic rings. The molecule has 5 rings (SSSR count). The van der Waals surface area contributed by atoms with Crippen LogP contribution in [0.15, 0.2) is 35.3 Å². The number of quaternary nitrogens is 1. The number of carbonyl (C=O) groups is 2. The van der Waals surface area contributed by atoms with Crippen LogP contribution in [0.4, 0.5) is 17.6 Å². The molecular formula is C26H26Cl2F4N4O4. The molecule has 14 heteroatoms. The lowest BCUT2D eigenvalue weighted by Gasteiger charge is -2.43. The summed E-state index contributed by atoms with van der Waals surface area (Å²) in [5, 5.41) is 11.6. The average molecular weight is 605 g/mol. The van der Waals surface area contributed by atoms with Crippen LogP contribution in [-0.2, 0) is 11.2 Å². The highest BCUT2D eigenvalue weighted by molar-refractivity contribution is 6.42. The molecule has 0 bridgehead atoms. The maximum absolute atomic E-state index is 14.8. The summed E-state index contributed by atoms with van der Waals surface area (Å²) in [5.74, 6) is -3.78. The Balaban J connectivity index is 0.000000470. The first-order valence-electron chi connectivity index (χ1n) is 12.6. The van der Waals surface area contributed by atoms with Gasteiger partial charge < -0.3 is 25.1 Å². The highest BCUT2D eigenvalue weighted by Gasteiger charge is 2.40. The van der Waals surface area contributed by atoms with Crippen LogP contribution in [0.2, 0.25) is 10.2 Å². The van der Waals surface area contributed by atoms with Gasteiger partial charge in [-0.2, -0.15) is 13.2 Å². The first kappa shape index (κ1) is 29.9. The lowest BCUT2D eigenvalue weighted by molar-refractivity contribution is -0.677. The summed E-state index contributed by atoms with van der Waals surface area (Å²) >= 11 is 12.4. The number of carboxylic acid groups (broad SMARTS) is 1. The molecule has 3 N–H and O–H groups in total. The Morgan fingerprint density at radius 1 is 1.15 bits per heavy atom. The molecule has 1 atom stereocenters. The lowest BCUT2D eigenvalue weighted by atomic mass is 9.74. The average Bonchev–Trinajstić information content (AvgIpc) is 3.21. The third-order valence-corrected chi connectivity index (χ3v) is 8.06. The van der Waals surface area contributed by atoms with E-state index in [9.17, 15) is 27.2 Å². The van der Waals surface area contributed by atoms with E-state index < -0.39 is 18.0 Å². The number of halogens is 6. The number of nitrogens with zero attached hydrogens (tertiary/aromatic N) is 2. The summed E-state index contributed by atoms with van der Waals surface area (Å²) in [4.78, 5) is 38.8. The minimum atomic E-state index is -5.19. The van der Waals surface area contributed by atoms with Crippen LogP contribution in [0.3, 0.4) is 0 Å². The van der Waals surface area contributed by atoms with Crippen molar-refractivity contribution in [1.29, 1.82) is 0 Å². The van der Waals surface area contributed by atoms with Gasteiger partial charge in [-0.1, -0.05) is 29.3 Å². The topological polar surface area (TPSA) is 114 Å². The fourth-order valence-corrected chi connectivity index (χ4v) is 5.87. The molecule has 1 spiro atoms. The van der Waals surface area contributed by atoms with Crippen LogP contribution in [-0.4, -0.2) is 58.5 Å². The van der Waals surface area contributed by atoms with Crippen molar-refractivity contribution in [3.63, 3.8) is 0 Å². The van der Waals surface area contributed by atoms with Crippen LogP contribution in [0.1, 0.15) is 47.3 Å². The summed E-state index contributed by atoms with van der Waals surface area (Å²) in [6.07, 6.45) is 1.07. The number of H-pyrrole nitrogens is 1. The van der Waals surface area contributed by atoms with E-state index in [1.165, 1.54) is 12.1 Å². The maximum atomic E-state index is 14.8. The van der Waals surface area contributed by atoms with Gasteiger partial charge in [-0.3, -0.25) is 14.0 Å². The number of nitrogens with one attached hydrogen (secondary N) is 1. The van der Waals surface area contributed by atoms with Gasteiger partial charge in [0.15, 0.2) is 0 Å². The second kappa shape index (κ2) is 11.8. The van der Waals surface area contributed by atoms with E-state index >= 15 is 0 Å². The first-order chi connectivity index (χ1) is 18.8. The van der Waals surface area contributed by atoms with Crippen LogP contribution in [0, 0.1) is 11.2 Å². The van der Waals surface area contributed by atoms with Gasteiger partial charge >= 0.3 is 6.18 Å². The Bertz CT molecular complexity index is 1480. The second-order valence-corrected chi connectivity index (χ2v) is 10.9. The van der Waals surface area contributed by atoms with Gasteiger partial charge in [-0.25, -0.2) is 4.39 Å². The summed E-state index contributed by atoms with van der Waals surface area (Å²) in [5.41, 5.74) is 1.69. The van der Waals surface area contributed by atoms with Gasteiger partial charge in [0.2, 0.25) is 0 Å². The minimum Gasteiger partial charge on any atom is -0.542 e. The highest BCUT2D eigenvalue weighted by atomic mass is 35.5. The van der Waals surface area contributed by atoms with E-state index in [-0.39, 0.29) is 32.6 Å². The molecule has 2 fully saturated rings. The summed E-state index contributed by atoms with van der Waals surface area (Å²) < 4.78 is 47.9. The van der Waals surface area contributed by atoms with Crippen molar-refractivity contribution in [3.05, 3.63) is 73.6 Å². The molecule has 2 saturated heterocycles. The number of likely N-dealkylation sites (tertiary alicyclic amines) is 1. The quantitative estimate of drug-likeness (QED) is 0.447. The molecule has 0 saturated carbocycles. The molecule has 0 aliphatic carbocycles. The fourth-order valence-electron chi connectivity index (χ4n) is 5.43. The third-order valence-electron chi connectivity index (χ3n) is 7.31. The molecule has 1 aromatic carbocycles. The maximum Gasteiger partial charge on any atom is 0.430 e. The van der Waals surface area contributed by atoms with Crippen molar-refractivity contribution in [3.8, 4) is 0 Å². The second-order valence-electron chi connectivity index (χ2n) is 10.1. The van der Waals surface area contributed by atoms with E-state index in [2.05, 4.69) is 10.3 Å². The number of nitrogens with two attached hydrogens (primary N) is 1. The number of aliphatic carboxylic acids is 1. The van der Waals surface area contributed by atoms with Gasteiger partial charge in [0.05, 0.1) is 23.7 Å². The molecule has 40 heavy (non-hydrogen) atoms. The smallest absolute Gasteiger partial charge is 0.430 e. The number of aromatic amines is 1. The largest absolute Gasteiger partial charge is 0.542 e. The van der Waals surface area contributed by atoms with Crippen molar-refractivity contribution >= 4 is 40.6 Å². The molecule has 2 aromatic heterocycles. The Morgan fingerprint density at radius 3 is 2.50 bits per heavy atom. The lowest BCUT2D eigenvalue weighted by Crippen LogP contribution is -2.89. The Kier molecular flexibility index (Phi) is 8.81. The summed E-state index contributed by atoms with van der Waals surface area (Å²) in [6, 6.07) is 6.11. The van der Waals surface area contributed by atoms with Crippen molar-refractivity contribution < 1.29 is 37.6 Å². The van der Waals surface area contributed by atoms with Gasteiger partial charge in [-0.15, -0.1) is 0 Å². The summed E-state index contributed by atoms with van der Waals surface area (Å²) in [6.45, 7) is 3.51. The van der Waals surface area contributed by atoms with E-state index in [1.54, 1.807) is 22.7 Å². The molecule has 2 aliphatic rings. The molecule has 0 radical (unpaired) electrons. The number of hydrogen-bond donors (Lipinski definition) is 2. The zero-order valence-corrected chi connectivity index (χ0v) is 22.6.